The number of ether oxygens (including phenoxy) is 1. The summed E-state index contributed by atoms with van der Waals surface area (Å²) in [4.78, 5) is 6.55. The lowest BCUT2D eigenvalue weighted by atomic mass is 10.0. The molecule has 0 saturated carbocycles. The highest BCUT2D eigenvalue weighted by Gasteiger charge is 2.21. The summed E-state index contributed by atoms with van der Waals surface area (Å²) in [5.41, 5.74) is 5.04. The molecule has 25 heavy (non-hydrogen) atoms. The minimum atomic E-state index is 0.172. The maximum Gasteiger partial charge on any atom is 0.0952 e. The van der Waals surface area contributed by atoms with E-state index in [0.29, 0.717) is 0 Å². The predicted molar refractivity (Wildman–Crippen MR) is 100 cm³/mol. The quantitative estimate of drug-likeness (QED) is 0.712. The Morgan fingerprint density at radius 2 is 1.60 bits per heavy atom. The summed E-state index contributed by atoms with van der Waals surface area (Å²) in [5.74, 6) is 0. The topological polar surface area (TPSA) is 25.4 Å². The second-order valence-corrected chi connectivity index (χ2v) is 6.44. The molecule has 0 N–H and O–H groups in total. The van der Waals surface area contributed by atoms with Gasteiger partial charge in [0.25, 0.3) is 0 Å². The van der Waals surface area contributed by atoms with Gasteiger partial charge in [0.1, 0.15) is 0 Å². The van der Waals surface area contributed by atoms with E-state index in [0.717, 1.165) is 26.2 Å². The van der Waals surface area contributed by atoms with Crippen molar-refractivity contribution in [2.24, 2.45) is 0 Å². The van der Waals surface area contributed by atoms with E-state index in [2.05, 4.69) is 64.5 Å². The molecule has 3 aromatic rings. The third kappa shape index (κ3) is 3.95. The van der Waals surface area contributed by atoms with Gasteiger partial charge in [-0.15, -0.1) is 0 Å². The molecule has 1 saturated heterocycles. The fourth-order valence-corrected chi connectivity index (χ4v) is 3.32. The standard InChI is InChI=1S/C22H22N2O/c1-2-4-21(5-3-1)22-17-24(14-15-25-22)16-18-6-8-19(9-7-18)20-10-12-23-13-11-20/h1-13,22H,14-17H2. The molecule has 1 unspecified atom stereocenters. The Morgan fingerprint density at radius 3 is 2.36 bits per heavy atom. The van der Waals surface area contributed by atoms with Crippen LogP contribution in [0.1, 0.15) is 17.2 Å². The normalized spacial score (nSPS) is 18.2. The first-order valence-corrected chi connectivity index (χ1v) is 8.77. The minimum absolute atomic E-state index is 0.172. The van der Waals surface area contributed by atoms with Gasteiger partial charge in [0.15, 0.2) is 0 Å². The van der Waals surface area contributed by atoms with E-state index < -0.39 is 0 Å². The monoisotopic (exact) mass is 330 g/mol. The predicted octanol–water partition coefficient (Wildman–Crippen LogP) is 4.32. The molecular weight excluding hydrogens is 308 g/mol. The van der Waals surface area contributed by atoms with Gasteiger partial charge >= 0.3 is 0 Å². The molecule has 1 aliphatic heterocycles. The molecule has 0 amide bonds. The highest BCUT2D eigenvalue weighted by atomic mass is 16.5. The van der Waals surface area contributed by atoms with Gasteiger partial charge in [0.05, 0.1) is 12.7 Å². The van der Waals surface area contributed by atoms with Crippen LogP contribution in [0.3, 0.4) is 0 Å². The van der Waals surface area contributed by atoms with Crippen molar-refractivity contribution in [3.8, 4) is 11.1 Å². The van der Waals surface area contributed by atoms with E-state index in [1.165, 1.54) is 22.3 Å². The van der Waals surface area contributed by atoms with Crippen LogP contribution in [0.2, 0.25) is 0 Å². The zero-order valence-corrected chi connectivity index (χ0v) is 14.2. The maximum absolute atomic E-state index is 5.96. The molecule has 3 nitrogen and oxygen atoms in total. The molecule has 126 valence electrons. The number of pyridine rings is 1. The van der Waals surface area contributed by atoms with Gasteiger partial charge in [0, 0.05) is 32.0 Å². The summed E-state index contributed by atoms with van der Waals surface area (Å²) >= 11 is 0. The van der Waals surface area contributed by atoms with E-state index in [1.807, 2.05) is 24.5 Å². The van der Waals surface area contributed by atoms with E-state index in [-0.39, 0.29) is 6.10 Å². The van der Waals surface area contributed by atoms with E-state index in [1.54, 1.807) is 0 Å². The van der Waals surface area contributed by atoms with Crippen molar-refractivity contribution in [1.29, 1.82) is 0 Å². The molecule has 0 bridgehead atoms. The lowest BCUT2D eigenvalue weighted by Crippen LogP contribution is -2.37. The molecule has 0 aliphatic carbocycles. The van der Waals surface area contributed by atoms with Crippen molar-refractivity contribution in [2.45, 2.75) is 12.6 Å². The fourth-order valence-electron chi connectivity index (χ4n) is 3.32. The van der Waals surface area contributed by atoms with Crippen LogP contribution in [0, 0.1) is 0 Å². The largest absolute Gasteiger partial charge is 0.371 e. The second kappa shape index (κ2) is 7.60. The Hall–Kier alpha value is -2.49. The molecule has 1 atom stereocenters. The molecule has 4 rings (SSSR count). The molecule has 1 aliphatic rings. The van der Waals surface area contributed by atoms with Gasteiger partial charge in [-0.3, -0.25) is 9.88 Å². The van der Waals surface area contributed by atoms with Crippen LogP contribution in [0.4, 0.5) is 0 Å². The first kappa shape index (κ1) is 16.0. The average molecular weight is 330 g/mol. The van der Waals surface area contributed by atoms with Gasteiger partial charge in [-0.25, -0.2) is 0 Å². The van der Waals surface area contributed by atoms with E-state index in [4.69, 9.17) is 4.74 Å². The van der Waals surface area contributed by atoms with Crippen molar-refractivity contribution < 1.29 is 4.74 Å². The summed E-state index contributed by atoms with van der Waals surface area (Å²) in [6, 6.07) is 23.4. The van der Waals surface area contributed by atoms with E-state index >= 15 is 0 Å². The molecule has 1 fully saturated rings. The summed E-state index contributed by atoms with van der Waals surface area (Å²) in [5, 5.41) is 0. The van der Waals surface area contributed by atoms with Crippen LogP contribution in [0.5, 0.6) is 0 Å². The Labute approximate surface area is 148 Å². The zero-order valence-electron chi connectivity index (χ0n) is 14.2. The zero-order chi connectivity index (χ0) is 16.9. The number of rotatable bonds is 4. The van der Waals surface area contributed by atoms with Crippen LogP contribution < -0.4 is 0 Å². The first-order chi connectivity index (χ1) is 12.4. The van der Waals surface area contributed by atoms with Crippen molar-refractivity contribution >= 4 is 0 Å². The number of morpholine rings is 1. The maximum atomic E-state index is 5.96. The third-order valence-corrected chi connectivity index (χ3v) is 4.70. The number of hydrogen-bond acceptors (Lipinski definition) is 3. The van der Waals surface area contributed by atoms with Crippen LogP contribution in [0.25, 0.3) is 11.1 Å². The lowest BCUT2D eigenvalue weighted by Gasteiger charge is -2.33. The van der Waals surface area contributed by atoms with Crippen molar-refractivity contribution in [2.75, 3.05) is 19.7 Å². The van der Waals surface area contributed by atoms with Crippen molar-refractivity contribution in [1.82, 2.24) is 9.88 Å². The fraction of sp³-hybridized carbons (Fsp3) is 0.227. The Morgan fingerprint density at radius 1 is 0.880 bits per heavy atom. The molecule has 2 heterocycles. The number of aromatic nitrogens is 1. The van der Waals surface area contributed by atoms with Crippen LogP contribution >= 0.6 is 0 Å². The summed E-state index contributed by atoms with van der Waals surface area (Å²) in [6.07, 6.45) is 3.84. The molecular formula is C22H22N2O. The van der Waals surface area contributed by atoms with Crippen LogP contribution in [-0.2, 0) is 11.3 Å². The highest BCUT2D eigenvalue weighted by Crippen LogP contribution is 2.24. The van der Waals surface area contributed by atoms with Gasteiger partial charge in [0.2, 0.25) is 0 Å². The Kier molecular flexibility index (Phi) is 4.86. The van der Waals surface area contributed by atoms with Gasteiger partial charge in [-0.1, -0.05) is 54.6 Å². The third-order valence-electron chi connectivity index (χ3n) is 4.70. The summed E-state index contributed by atoms with van der Waals surface area (Å²) in [7, 11) is 0. The molecule has 0 radical (unpaired) electrons. The molecule has 1 aromatic heterocycles. The second-order valence-electron chi connectivity index (χ2n) is 6.44. The smallest absolute Gasteiger partial charge is 0.0952 e. The first-order valence-electron chi connectivity index (χ1n) is 8.77. The highest BCUT2D eigenvalue weighted by molar-refractivity contribution is 5.62. The summed E-state index contributed by atoms with van der Waals surface area (Å²) < 4.78 is 5.96. The lowest BCUT2D eigenvalue weighted by molar-refractivity contribution is -0.0329. The van der Waals surface area contributed by atoms with E-state index in [9.17, 15) is 0 Å². The molecule has 3 heteroatoms. The van der Waals surface area contributed by atoms with Crippen LogP contribution in [0.15, 0.2) is 79.1 Å². The summed E-state index contributed by atoms with van der Waals surface area (Å²) in [6.45, 7) is 3.67. The minimum Gasteiger partial charge on any atom is -0.371 e. The molecule has 2 aromatic carbocycles. The van der Waals surface area contributed by atoms with Crippen molar-refractivity contribution in [3.63, 3.8) is 0 Å². The Bertz CT molecular complexity index is 787. The van der Waals surface area contributed by atoms with Crippen LogP contribution in [-0.4, -0.2) is 29.6 Å². The average Bonchev–Trinajstić information content (AvgIpc) is 2.70. The number of nitrogens with zero attached hydrogens (tertiary/aromatic N) is 2. The number of benzene rings is 2. The number of hydrogen-bond donors (Lipinski definition) is 0. The molecule has 0 spiro atoms. The van der Waals surface area contributed by atoms with Gasteiger partial charge in [-0.05, 0) is 34.4 Å². The van der Waals surface area contributed by atoms with Gasteiger partial charge < -0.3 is 4.74 Å². The van der Waals surface area contributed by atoms with Crippen molar-refractivity contribution in [3.05, 3.63) is 90.3 Å². The van der Waals surface area contributed by atoms with Gasteiger partial charge in [-0.2, -0.15) is 0 Å². The SMILES string of the molecule is c1ccc(C2CN(Cc3ccc(-c4ccncc4)cc3)CCO2)cc1. The Balaban J connectivity index is 1.42.